The third-order valence-electron chi connectivity index (χ3n) is 8.36. The van der Waals surface area contributed by atoms with Gasteiger partial charge in [0.05, 0.1) is 16.7 Å². The van der Waals surface area contributed by atoms with Gasteiger partial charge in [0.25, 0.3) is 0 Å². The summed E-state index contributed by atoms with van der Waals surface area (Å²) in [6, 6.07) is 40.6. The van der Waals surface area contributed by atoms with Gasteiger partial charge in [-0.1, -0.05) is 98.8 Å². The molecule has 1 aliphatic heterocycles. The van der Waals surface area contributed by atoms with Gasteiger partial charge >= 0.3 is 0 Å². The van der Waals surface area contributed by atoms with Gasteiger partial charge in [0.15, 0.2) is 0 Å². The van der Waals surface area contributed by atoms with Crippen molar-refractivity contribution in [3.8, 4) is 33.9 Å². The number of pyridine rings is 2. The molecular formula is C37H26N2O. The number of aromatic nitrogens is 2. The Kier molecular flexibility index (Phi) is 4.86. The van der Waals surface area contributed by atoms with Crippen molar-refractivity contribution in [2.75, 3.05) is 0 Å². The second-order valence-electron chi connectivity index (χ2n) is 11.1. The van der Waals surface area contributed by atoms with Crippen LogP contribution in [0.5, 0.6) is 11.5 Å². The Morgan fingerprint density at radius 1 is 0.600 bits per heavy atom. The van der Waals surface area contributed by atoms with Crippen molar-refractivity contribution in [3.63, 3.8) is 0 Å². The van der Waals surface area contributed by atoms with E-state index in [2.05, 4.69) is 117 Å². The molecule has 190 valence electrons. The van der Waals surface area contributed by atoms with Gasteiger partial charge in [-0.3, -0.25) is 4.98 Å². The minimum absolute atomic E-state index is 0.191. The highest BCUT2D eigenvalue weighted by atomic mass is 16.5. The molecule has 3 nitrogen and oxygen atoms in total. The highest BCUT2D eigenvalue weighted by Crippen LogP contribution is 2.49. The first-order valence-electron chi connectivity index (χ1n) is 13.7. The summed E-state index contributed by atoms with van der Waals surface area (Å²) in [5.41, 5.74) is 8.41. The van der Waals surface area contributed by atoms with E-state index in [-0.39, 0.29) is 5.41 Å². The fraction of sp³-hybridized carbons (Fsp3) is 0.0811. The fourth-order valence-corrected chi connectivity index (χ4v) is 6.26. The summed E-state index contributed by atoms with van der Waals surface area (Å²) < 4.78 is 6.36. The summed E-state index contributed by atoms with van der Waals surface area (Å²) in [6.07, 6.45) is 1.84. The van der Waals surface area contributed by atoms with Gasteiger partial charge < -0.3 is 4.74 Å². The zero-order valence-electron chi connectivity index (χ0n) is 22.3. The Morgan fingerprint density at radius 2 is 1.32 bits per heavy atom. The summed E-state index contributed by atoms with van der Waals surface area (Å²) >= 11 is 0. The summed E-state index contributed by atoms with van der Waals surface area (Å²) in [5.74, 6) is 1.84. The lowest BCUT2D eigenvalue weighted by Gasteiger charge is -2.34. The van der Waals surface area contributed by atoms with E-state index in [0.29, 0.717) is 0 Å². The Bertz CT molecular complexity index is 2130. The van der Waals surface area contributed by atoms with Crippen molar-refractivity contribution in [1.82, 2.24) is 9.97 Å². The number of benzene rings is 5. The minimum atomic E-state index is -0.191. The Hall–Kier alpha value is -5.02. The molecule has 0 saturated carbocycles. The smallest absolute Gasteiger partial charge is 0.131 e. The van der Waals surface area contributed by atoms with Gasteiger partial charge in [0.1, 0.15) is 11.5 Å². The number of ether oxygens (including phenoxy) is 1. The molecule has 0 fully saturated rings. The summed E-state index contributed by atoms with van der Waals surface area (Å²) in [4.78, 5) is 9.96. The normalized spacial score (nSPS) is 13.7. The molecule has 40 heavy (non-hydrogen) atoms. The number of rotatable bonds is 2. The zero-order valence-corrected chi connectivity index (χ0v) is 22.3. The fourth-order valence-electron chi connectivity index (χ4n) is 6.26. The Morgan fingerprint density at radius 3 is 2.25 bits per heavy atom. The van der Waals surface area contributed by atoms with E-state index >= 15 is 0 Å². The van der Waals surface area contributed by atoms with E-state index in [4.69, 9.17) is 14.7 Å². The van der Waals surface area contributed by atoms with E-state index in [1.54, 1.807) is 0 Å². The largest absolute Gasteiger partial charge is 0.457 e. The molecule has 2 aromatic heterocycles. The lowest BCUT2D eigenvalue weighted by molar-refractivity contribution is 0.418. The lowest BCUT2D eigenvalue weighted by atomic mass is 9.75. The lowest BCUT2D eigenvalue weighted by Crippen LogP contribution is -2.24. The van der Waals surface area contributed by atoms with Crippen LogP contribution >= 0.6 is 0 Å². The molecule has 0 amide bonds. The number of fused-ring (bicyclic) bond motifs is 6. The molecule has 1 aliphatic rings. The van der Waals surface area contributed by atoms with Gasteiger partial charge in [0, 0.05) is 39.1 Å². The third kappa shape index (κ3) is 3.37. The second kappa shape index (κ2) is 8.49. The molecule has 0 spiro atoms. The average molecular weight is 515 g/mol. The first-order valence-corrected chi connectivity index (χ1v) is 13.7. The molecule has 3 heteroatoms. The van der Waals surface area contributed by atoms with Crippen molar-refractivity contribution in [3.05, 3.63) is 133 Å². The third-order valence-corrected chi connectivity index (χ3v) is 8.36. The monoisotopic (exact) mass is 514 g/mol. The van der Waals surface area contributed by atoms with E-state index in [1.807, 2.05) is 18.3 Å². The number of nitrogens with zero attached hydrogens (tertiary/aromatic N) is 2. The molecule has 0 N–H and O–H groups in total. The van der Waals surface area contributed by atoms with Crippen LogP contribution in [-0.2, 0) is 5.41 Å². The van der Waals surface area contributed by atoms with Crippen LogP contribution in [0.25, 0.3) is 55.0 Å². The zero-order chi connectivity index (χ0) is 26.8. The van der Waals surface area contributed by atoms with Crippen LogP contribution in [0.1, 0.15) is 25.0 Å². The molecule has 0 atom stereocenters. The van der Waals surface area contributed by atoms with Crippen molar-refractivity contribution in [2.24, 2.45) is 0 Å². The topological polar surface area (TPSA) is 35.0 Å². The molecule has 8 rings (SSSR count). The predicted octanol–water partition coefficient (Wildman–Crippen LogP) is 9.70. The first kappa shape index (κ1) is 22.9. The molecule has 0 unspecified atom stereocenters. The van der Waals surface area contributed by atoms with Crippen molar-refractivity contribution in [1.29, 1.82) is 0 Å². The first-order chi connectivity index (χ1) is 19.6. The molecule has 0 bridgehead atoms. The van der Waals surface area contributed by atoms with Gasteiger partial charge in [-0.25, -0.2) is 4.98 Å². The second-order valence-corrected chi connectivity index (χ2v) is 11.1. The van der Waals surface area contributed by atoms with Crippen molar-refractivity contribution >= 4 is 32.6 Å². The molecule has 3 heterocycles. The van der Waals surface area contributed by atoms with Gasteiger partial charge in [0.2, 0.25) is 0 Å². The molecule has 0 radical (unpaired) electrons. The highest BCUT2D eigenvalue weighted by Gasteiger charge is 2.34. The van der Waals surface area contributed by atoms with Crippen LogP contribution in [-0.4, -0.2) is 9.97 Å². The quantitative estimate of drug-likeness (QED) is 0.215. The molecule has 5 aromatic carbocycles. The van der Waals surface area contributed by atoms with E-state index in [1.165, 1.54) is 21.9 Å². The number of hydrogen-bond acceptors (Lipinski definition) is 3. The summed E-state index contributed by atoms with van der Waals surface area (Å²) in [5, 5.41) is 4.55. The molecule has 0 aliphatic carbocycles. The number of hydrogen-bond donors (Lipinski definition) is 0. The van der Waals surface area contributed by atoms with Crippen molar-refractivity contribution < 1.29 is 4.74 Å². The van der Waals surface area contributed by atoms with E-state index in [9.17, 15) is 0 Å². The maximum absolute atomic E-state index is 6.36. The van der Waals surface area contributed by atoms with E-state index in [0.717, 1.165) is 55.7 Å². The van der Waals surface area contributed by atoms with Crippen LogP contribution in [0.2, 0.25) is 0 Å². The van der Waals surface area contributed by atoms with Gasteiger partial charge in [-0.15, -0.1) is 0 Å². The van der Waals surface area contributed by atoms with Gasteiger partial charge in [-0.2, -0.15) is 0 Å². The summed E-state index contributed by atoms with van der Waals surface area (Å²) in [6.45, 7) is 4.56. The molecule has 7 aromatic rings. The standard InChI is InChI=1S/C37H26N2O/c1-37(2)29-11-5-6-12-32(29)40-33-20-17-26(22-30(33)37)28-18-15-23-8-3-4-10-27(23)34(28)31-19-16-25-14-13-24-9-7-21-38-35(24)36(25)39-31/h3-22H,1-2H3. The maximum atomic E-state index is 6.36. The number of para-hydroxylation sites is 1. The van der Waals surface area contributed by atoms with E-state index < -0.39 is 0 Å². The Balaban J connectivity index is 1.38. The average Bonchev–Trinajstić information content (AvgIpc) is 3.00. The predicted molar refractivity (Wildman–Crippen MR) is 164 cm³/mol. The summed E-state index contributed by atoms with van der Waals surface area (Å²) in [7, 11) is 0. The highest BCUT2D eigenvalue weighted by molar-refractivity contribution is 6.07. The van der Waals surface area contributed by atoms with Gasteiger partial charge in [-0.05, 0) is 52.2 Å². The maximum Gasteiger partial charge on any atom is 0.131 e. The van der Waals surface area contributed by atoms with Crippen LogP contribution in [0.4, 0.5) is 0 Å². The van der Waals surface area contributed by atoms with Crippen LogP contribution in [0.15, 0.2) is 121 Å². The molecular weight excluding hydrogens is 488 g/mol. The van der Waals surface area contributed by atoms with Crippen LogP contribution in [0, 0.1) is 0 Å². The molecule has 0 saturated heterocycles. The Labute approximate surface area is 232 Å². The minimum Gasteiger partial charge on any atom is -0.457 e. The van der Waals surface area contributed by atoms with Crippen LogP contribution in [0.3, 0.4) is 0 Å². The van der Waals surface area contributed by atoms with Crippen molar-refractivity contribution in [2.45, 2.75) is 19.3 Å². The van der Waals surface area contributed by atoms with Crippen LogP contribution < -0.4 is 4.74 Å². The SMILES string of the molecule is CC1(C)c2ccccc2Oc2ccc(-c3ccc4ccccc4c3-c3ccc4ccc5cccnc5c4n3)cc21.